The Morgan fingerprint density at radius 1 is 0.935 bits per heavy atom. The van der Waals surface area contributed by atoms with Crippen LogP contribution in [-0.4, -0.2) is 50.4 Å². The number of rotatable bonds is 6. The third kappa shape index (κ3) is 4.80. The monoisotopic (exact) mass is 428 g/mol. The second kappa shape index (κ2) is 8.82. The minimum absolute atomic E-state index is 0.0962. The third-order valence-corrected chi connectivity index (χ3v) is 4.52. The first-order chi connectivity index (χ1) is 15.0. The molecule has 0 aliphatic carbocycles. The van der Waals surface area contributed by atoms with Crippen molar-refractivity contribution in [1.29, 1.82) is 0 Å². The van der Waals surface area contributed by atoms with E-state index in [2.05, 4.69) is 10.6 Å². The topological polar surface area (TPSA) is 121 Å². The molecule has 4 rings (SSSR count). The van der Waals surface area contributed by atoms with Crippen LogP contribution in [0.15, 0.2) is 36.4 Å². The number of anilines is 1. The van der Waals surface area contributed by atoms with Gasteiger partial charge < -0.3 is 34.3 Å². The van der Waals surface area contributed by atoms with E-state index in [1.54, 1.807) is 30.3 Å². The molecule has 10 nitrogen and oxygen atoms in total. The van der Waals surface area contributed by atoms with E-state index in [1.165, 1.54) is 13.0 Å². The van der Waals surface area contributed by atoms with Crippen molar-refractivity contribution < 1.29 is 38.1 Å². The van der Waals surface area contributed by atoms with Crippen LogP contribution in [0.3, 0.4) is 0 Å². The minimum atomic E-state index is -1.07. The zero-order chi connectivity index (χ0) is 21.8. The van der Waals surface area contributed by atoms with Crippen LogP contribution in [0.5, 0.6) is 23.0 Å². The van der Waals surface area contributed by atoms with Gasteiger partial charge in [-0.2, -0.15) is 0 Å². The molecule has 2 aliphatic rings. The summed E-state index contributed by atoms with van der Waals surface area (Å²) in [5.41, 5.74) is 0.787. The lowest BCUT2D eigenvalue weighted by Gasteiger charge is -2.19. The van der Waals surface area contributed by atoms with Gasteiger partial charge in [-0.1, -0.05) is 0 Å². The molecule has 1 atom stereocenters. The summed E-state index contributed by atoms with van der Waals surface area (Å²) in [6.07, 6.45) is -1.07. The second-order valence-corrected chi connectivity index (χ2v) is 6.73. The maximum Gasteiger partial charge on any atom is 0.326 e. The molecule has 0 spiro atoms. The van der Waals surface area contributed by atoms with Crippen LogP contribution in [0.2, 0.25) is 0 Å². The van der Waals surface area contributed by atoms with Gasteiger partial charge in [0.25, 0.3) is 11.8 Å². The van der Waals surface area contributed by atoms with E-state index in [4.69, 9.17) is 23.7 Å². The van der Waals surface area contributed by atoms with Crippen LogP contribution < -0.4 is 29.6 Å². The molecule has 0 radical (unpaired) electrons. The molecular weight excluding hydrogens is 408 g/mol. The maximum atomic E-state index is 12.3. The number of amides is 2. The molecule has 0 saturated heterocycles. The molecule has 2 N–H and O–H groups in total. The van der Waals surface area contributed by atoms with E-state index in [9.17, 15) is 14.4 Å². The average molecular weight is 428 g/mol. The van der Waals surface area contributed by atoms with E-state index in [1.807, 2.05) is 0 Å². The highest BCUT2D eigenvalue weighted by Gasteiger charge is 2.21. The zero-order valence-electron chi connectivity index (χ0n) is 16.6. The van der Waals surface area contributed by atoms with Gasteiger partial charge in [-0.25, -0.2) is 0 Å². The molecule has 0 saturated carbocycles. The van der Waals surface area contributed by atoms with Gasteiger partial charge in [-0.3, -0.25) is 14.4 Å². The Morgan fingerprint density at radius 3 is 2.45 bits per heavy atom. The lowest BCUT2D eigenvalue weighted by atomic mass is 10.2. The molecule has 2 amide bonds. The first-order valence-electron chi connectivity index (χ1n) is 9.57. The van der Waals surface area contributed by atoms with Crippen molar-refractivity contribution in [3.8, 4) is 23.0 Å². The van der Waals surface area contributed by atoms with Gasteiger partial charge in [0.2, 0.25) is 6.79 Å². The first-order valence-corrected chi connectivity index (χ1v) is 9.57. The summed E-state index contributed by atoms with van der Waals surface area (Å²) >= 11 is 0. The Hall–Kier alpha value is -3.95. The van der Waals surface area contributed by atoms with Gasteiger partial charge in [0.1, 0.15) is 19.8 Å². The van der Waals surface area contributed by atoms with E-state index < -0.39 is 30.4 Å². The molecule has 2 heterocycles. The normalized spacial score (nSPS) is 14.4. The molecule has 31 heavy (non-hydrogen) atoms. The molecular formula is C21H20N2O8. The molecule has 0 aromatic heterocycles. The van der Waals surface area contributed by atoms with Gasteiger partial charge in [-0.05, 0) is 37.3 Å². The van der Waals surface area contributed by atoms with Gasteiger partial charge in [0, 0.05) is 17.3 Å². The highest BCUT2D eigenvalue weighted by molar-refractivity contribution is 5.98. The van der Waals surface area contributed by atoms with Gasteiger partial charge in [0.05, 0.1) is 0 Å². The van der Waals surface area contributed by atoms with E-state index in [0.717, 1.165) is 0 Å². The van der Waals surface area contributed by atoms with Gasteiger partial charge >= 0.3 is 5.97 Å². The number of carbonyl (C=O) groups is 3. The van der Waals surface area contributed by atoms with Crippen LogP contribution in [-0.2, 0) is 14.3 Å². The number of benzene rings is 2. The zero-order valence-corrected chi connectivity index (χ0v) is 16.6. The second-order valence-electron chi connectivity index (χ2n) is 6.73. The fraction of sp³-hybridized carbons (Fsp3) is 0.286. The molecule has 0 unspecified atom stereocenters. The van der Waals surface area contributed by atoms with Crippen molar-refractivity contribution in [1.82, 2.24) is 5.32 Å². The molecule has 2 aromatic rings. The number of hydrogen-bond acceptors (Lipinski definition) is 8. The van der Waals surface area contributed by atoms with Crippen LogP contribution in [0, 0.1) is 0 Å². The quantitative estimate of drug-likeness (QED) is 0.664. The molecule has 0 bridgehead atoms. The van der Waals surface area contributed by atoms with Crippen molar-refractivity contribution in [2.75, 3.05) is 31.9 Å². The Balaban J connectivity index is 1.25. The fourth-order valence-electron chi connectivity index (χ4n) is 2.95. The van der Waals surface area contributed by atoms with E-state index in [0.29, 0.717) is 47.5 Å². The Bertz CT molecular complexity index is 1020. The summed E-state index contributed by atoms with van der Waals surface area (Å²) in [7, 11) is 0. The largest absolute Gasteiger partial charge is 0.486 e. The number of ether oxygens (including phenoxy) is 5. The van der Waals surface area contributed by atoms with Crippen molar-refractivity contribution in [2.45, 2.75) is 13.0 Å². The SMILES string of the molecule is C[C@H](OC(=O)CNC(=O)c1ccc2c(c1)OCO2)C(=O)Nc1ccc2c(c1)OCCO2. The van der Waals surface area contributed by atoms with E-state index in [-0.39, 0.29) is 6.79 Å². The van der Waals surface area contributed by atoms with Gasteiger partial charge in [0.15, 0.2) is 29.1 Å². The van der Waals surface area contributed by atoms with Crippen LogP contribution in [0.25, 0.3) is 0 Å². The number of esters is 1. The standard InChI is InChI=1S/C21H20N2O8/c1-12(20(25)23-14-3-5-15-18(9-14)28-7-6-27-15)31-19(24)10-22-21(26)13-2-4-16-17(8-13)30-11-29-16/h2-5,8-9,12H,6-7,10-11H2,1H3,(H,22,26)(H,23,25)/t12-/m0/s1. The molecule has 10 heteroatoms. The lowest BCUT2D eigenvalue weighted by Crippen LogP contribution is -2.35. The number of carbonyl (C=O) groups excluding carboxylic acids is 3. The van der Waals surface area contributed by atoms with Crippen molar-refractivity contribution in [3.63, 3.8) is 0 Å². The van der Waals surface area contributed by atoms with Crippen LogP contribution in [0.1, 0.15) is 17.3 Å². The average Bonchev–Trinajstić information content (AvgIpc) is 3.25. The van der Waals surface area contributed by atoms with E-state index >= 15 is 0 Å². The van der Waals surface area contributed by atoms with Crippen molar-refractivity contribution in [2.24, 2.45) is 0 Å². The Kier molecular flexibility index (Phi) is 5.78. The smallest absolute Gasteiger partial charge is 0.326 e. The molecule has 2 aliphatic heterocycles. The Morgan fingerprint density at radius 2 is 1.61 bits per heavy atom. The highest BCUT2D eigenvalue weighted by atomic mass is 16.7. The predicted octanol–water partition coefficient (Wildman–Crippen LogP) is 1.49. The fourth-order valence-corrected chi connectivity index (χ4v) is 2.95. The summed E-state index contributed by atoms with van der Waals surface area (Å²) in [4.78, 5) is 36.5. The van der Waals surface area contributed by atoms with Crippen LogP contribution >= 0.6 is 0 Å². The minimum Gasteiger partial charge on any atom is -0.486 e. The summed E-state index contributed by atoms with van der Waals surface area (Å²) in [5.74, 6) is 0.380. The van der Waals surface area contributed by atoms with Gasteiger partial charge in [-0.15, -0.1) is 0 Å². The summed E-state index contributed by atoms with van der Waals surface area (Å²) in [6.45, 7) is 2.03. The number of fused-ring (bicyclic) bond motifs is 2. The van der Waals surface area contributed by atoms with Crippen molar-refractivity contribution in [3.05, 3.63) is 42.0 Å². The third-order valence-electron chi connectivity index (χ3n) is 4.52. The molecule has 0 fully saturated rings. The summed E-state index contributed by atoms with van der Waals surface area (Å²) < 4.78 is 26.4. The maximum absolute atomic E-state index is 12.3. The number of nitrogens with one attached hydrogen (secondary N) is 2. The van der Waals surface area contributed by atoms with Crippen molar-refractivity contribution >= 4 is 23.5 Å². The number of hydrogen-bond donors (Lipinski definition) is 2. The summed E-state index contributed by atoms with van der Waals surface area (Å²) in [6, 6.07) is 9.66. The molecule has 2 aromatic carbocycles. The highest BCUT2D eigenvalue weighted by Crippen LogP contribution is 2.33. The Labute approximate surface area is 177 Å². The summed E-state index contributed by atoms with van der Waals surface area (Å²) in [5, 5.41) is 5.09. The molecule has 162 valence electrons. The predicted molar refractivity (Wildman–Crippen MR) is 107 cm³/mol. The lowest BCUT2D eigenvalue weighted by molar-refractivity contribution is -0.152. The van der Waals surface area contributed by atoms with Crippen LogP contribution in [0.4, 0.5) is 5.69 Å². The first kappa shape index (κ1) is 20.3.